The molecule has 3 aromatic rings. The number of fused-ring (bicyclic) bond motifs is 1. The minimum absolute atomic E-state index is 0.0768. The van der Waals surface area contributed by atoms with Crippen molar-refractivity contribution in [2.45, 2.75) is 6.92 Å². The average Bonchev–Trinajstić information content (AvgIpc) is 2.73. The van der Waals surface area contributed by atoms with Crippen molar-refractivity contribution in [3.8, 4) is 11.3 Å². The summed E-state index contributed by atoms with van der Waals surface area (Å²) in [6.45, 7) is 3.57. The monoisotopic (exact) mass is 410 g/mol. The summed E-state index contributed by atoms with van der Waals surface area (Å²) in [7, 11) is 0. The molecule has 2 aromatic heterocycles. The van der Waals surface area contributed by atoms with Gasteiger partial charge in [-0.2, -0.15) is 0 Å². The number of nitrogens with zero attached hydrogens (tertiary/aromatic N) is 3. The Morgan fingerprint density at radius 3 is 2.62 bits per heavy atom. The third-order valence-electron chi connectivity index (χ3n) is 4.66. The lowest BCUT2D eigenvalue weighted by molar-refractivity contribution is -0.114. The molecule has 29 heavy (non-hydrogen) atoms. The third kappa shape index (κ3) is 4.21. The molecule has 1 aromatic carbocycles. The Kier molecular flexibility index (Phi) is 5.42. The molecule has 4 rings (SSSR count). The number of anilines is 1. The van der Waals surface area contributed by atoms with Crippen LogP contribution >= 0.6 is 11.6 Å². The molecule has 1 N–H and O–H groups in total. The highest BCUT2D eigenvalue weighted by Crippen LogP contribution is 2.28. The van der Waals surface area contributed by atoms with E-state index < -0.39 is 0 Å². The summed E-state index contributed by atoms with van der Waals surface area (Å²) in [6.07, 6.45) is 1.62. The van der Waals surface area contributed by atoms with Gasteiger partial charge in [0.1, 0.15) is 5.82 Å². The van der Waals surface area contributed by atoms with Crippen molar-refractivity contribution in [2.75, 3.05) is 31.6 Å². The van der Waals surface area contributed by atoms with Gasteiger partial charge in [-0.1, -0.05) is 11.6 Å². The van der Waals surface area contributed by atoms with Gasteiger partial charge in [-0.05, 0) is 36.4 Å². The molecule has 7 nitrogen and oxygen atoms in total. The van der Waals surface area contributed by atoms with Crippen LogP contribution in [0.25, 0.3) is 22.2 Å². The second kappa shape index (κ2) is 8.14. The molecular formula is C21H19ClN4O3. The maximum Gasteiger partial charge on any atom is 0.254 e. The summed E-state index contributed by atoms with van der Waals surface area (Å²) in [5, 5.41) is 3.89. The van der Waals surface area contributed by atoms with E-state index in [2.05, 4.69) is 15.3 Å². The van der Waals surface area contributed by atoms with Crippen molar-refractivity contribution < 1.29 is 14.3 Å². The molecule has 2 amide bonds. The van der Waals surface area contributed by atoms with Crippen molar-refractivity contribution in [2.24, 2.45) is 0 Å². The highest BCUT2D eigenvalue weighted by Gasteiger charge is 2.22. The Balaban J connectivity index is 1.78. The number of benzene rings is 1. The van der Waals surface area contributed by atoms with Gasteiger partial charge < -0.3 is 15.0 Å². The first-order chi connectivity index (χ1) is 14.0. The molecular weight excluding hydrogens is 392 g/mol. The smallest absolute Gasteiger partial charge is 0.254 e. The molecule has 0 atom stereocenters. The Morgan fingerprint density at radius 1 is 1.14 bits per heavy atom. The van der Waals surface area contributed by atoms with Crippen molar-refractivity contribution in [1.82, 2.24) is 14.9 Å². The van der Waals surface area contributed by atoms with E-state index in [4.69, 9.17) is 16.3 Å². The van der Waals surface area contributed by atoms with E-state index in [9.17, 15) is 9.59 Å². The maximum atomic E-state index is 13.2. The summed E-state index contributed by atoms with van der Waals surface area (Å²) in [4.78, 5) is 35.1. The van der Waals surface area contributed by atoms with Crippen LogP contribution in [0.2, 0.25) is 5.02 Å². The molecule has 0 spiro atoms. The van der Waals surface area contributed by atoms with E-state index in [-0.39, 0.29) is 11.8 Å². The Labute approximate surface area is 172 Å². The van der Waals surface area contributed by atoms with Gasteiger partial charge in [0.15, 0.2) is 0 Å². The van der Waals surface area contributed by atoms with E-state index in [0.29, 0.717) is 59.3 Å². The first kappa shape index (κ1) is 19.3. The van der Waals surface area contributed by atoms with Gasteiger partial charge in [0.05, 0.1) is 30.0 Å². The molecule has 1 fully saturated rings. The fourth-order valence-electron chi connectivity index (χ4n) is 3.26. The van der Waals surface area contributed by atoms with Gasteiger partial charge in [-0.25, -0.2) is 9.97 Å². The van der Waals surface area contributed by atoms with Crippen molar-refractivity contribution in [3.05, 3.63) is 53.2 Å². The third-order valence-corrected chi connectivity index (χ3v) is 4.90. The lowest BCUT2D eigenvalue weighted by atomic mass is 10.0. The number of carbonyl (C=O) groups excluding carboxylic acids is 2. The minimum Gasteiger partial charge on any atom is -0.378 e. The number of halogens is 1. The van der Waals surface area contributed by atoms with Gasteiger partial charge in [-0.3, -0.25) is 9.59 Å². The first-order valence-corrected chi connectivity index (χ1v) is 9.60. The first-order valence-electron chi connectivity index (χ1n) is 9.22. The largest absolute Gasteiger partial charge is 0.378 e. The number of carbonyl (C=O) groups is 2. The molecule has 1 aliphatic rings. The van der Waals surface area contributed by atoms with Crippen LogP contribution in [-0.2, 0) is 9.53 Å². The lowest BCUT2D eigenvalue weighted by Gasteiger charge is -2.27. The lowest BCUT2D eigenvalue weighted by Crippen LogP contribution is -2.40. The molecule has 1 saturated heterocycles. The molecule has 148 valence electrons. The number of pyridine rings is 2. The summed E-state index contributed by atoms with van der Waals surface area (Å²) < 4.78 is 5.36. The zero-order valence-electron chi connectivity index (χ0n) is 15.8. The Hall–Kier alpha value is -3.03. The molecule has 8 heteroatoms. The number of amides is 2. The number of aromatic nitrogens is 2. The molecule has 0 radical (unpaired) electrons. The number of rotatable bonds is 3. The quantitative estimate of drug-likeness (QED) is 0.715. The zero-order valence-corrected chi connectivity index (χ0v) is 16.6. The zero-order chi connectivity index (χ0) is 20.4. The van der Waals surface area contributed by atoms with Crippen molar-refractivity contribution >= 4 is 40.1 Å². The average molecular weight is 411 g/mol. The van der Waals surface area contributed by atoms with Crippen molar-refractivity contribution in [3.63, 3.8) is 0 Å². The molecule has 1 aliphatic heterocycles. The Bertz CT molecular complexity index is 1080. The van der Waals surface area contributed by atoms with Crippen LogP contribution in [-0.4, -0.2) is 53.0 Å². The second-order valence-electron chi connectivity index (χ2n) is 6.73. The van der Waals surface area contributed by atoms with Gasteiger partial charge in [0.25, 0.3) is 5.91 Å². The predicted molar refractivity (Wildman–Crippen MR) is 111 cm³/mol. The van der Waals surface area contributed by atoms with Gasteiger partial charge >= 0.3 is 0 Å². The van der Waals surface area contributed by atoms with Crippen LogP contribution in [0.4, 0.5) is 5.82 Å². The number of hydrogen-bond acceptors (Lipinski definition) is 5. The van der Waals surface area contributed by atoms with E-state index >= 15 is 0 Å². The fraction of sp³-hybridized carbons (Fsp3) is 0.238. The summed E-state index contributed by atoms with van der Waals surface area (Å²) in [5.74, 6) is 0.190. The maximum absolute atomic E-state index is 13.2. The topological polar surface area (TPSA) is 84.4 Å². The van der Waals surface area contributed by atoms with Crippen molar-refractivity contribution in [1.29, 1.82) is 0 Å². The van der Waals surface area contributed by atoms with Crippen LogP contribution in [0.3, 0.4) is 0 Å². The minimum atomic E-state index is -0.190. The fourth-order valence-corrected chi connectivity index (χ4v) is 3.43. The standard InChI is InChI=1S/C21H19ClN4O3/c1-13(27)24-20-5-2-14(12-23-20)19-11-17(21(28)26-6-8-29-9-7-26)16-10-15(22)3-4-18(16)25-19/h2-5,10-12H,6-9H2,1H3,(H,23,24,27). The second-order valence-corrected chi connectivity index (χ2v) is 7.17. The number of ether oxygens (including phenoxy) is 1. The van der Waals surface area contributed by atoms with E-state index in [1.807, 2.05) is 6.07 Å². The molecule has 3 heterocycles. The predicted octanol–water partition coefficient (Wildman–Crippen LogP) is 3.38. The highest BCUT2D eigenvalue weighted by molar-refractivity contribution is 6.31. The summed E-state index contributed by atoms with van der Waals surface area (Å²) in [6, 6.07) is 10.6. The summed E-state index contributed by atoms with van der Waals surface area (Å²) in [5.41, 5.74) is 2.58. The number of hydrogen-bond donors (Lipinski definition) is 1. The summed E-state index contributed by atoms with van der Waals surface area (Å²) >= 11 is 6.18. The number of morpholine rings is 1. The highest BCUT2D eigenvalue weighted by atomic mass is 35.5. The molecule has 0 bridgehead atoms. The molecule has 0 saturated carbocycles. The van der Waals surface area contributed by atoms with Crippen LogP contribution < -0.4 is 5.32 Å². The van der Waals surface area contributed by atoms with Crippen LogP contribution in [0.5, 0.6) is 0 Å². The van der Waals surface area contributed by atoms with Crippen LogP contribution in [0.1, 0.15) is 17.3 Å². The van der Waals surface area contributed by atoms with E-state index in [0.717, 1.165) is 5.56 Å². The Morgan fingerprint density at radius 2 is 1.93 bits per heavy atom. The molecule has 0 unspecified atom stereocenters. The van der Waals surface area contributed by atoms with Gasteiger partial charge in [-0.15, -0.1) is 0 Å². The van der Waals surface area contributed by atoms with Crippen LogP contribution in [0, 0.1) is 0 Å². The van der Waals surface area contributed by atoms with Gasteiger partial charge in [0.2, 0.25) is 5.91 Å². The SMILES string of the molecule is CC(=O)Nc1ccc(-c2cc(C(=O)N3CCOCC3)c3cc(Cl)ccc3n2)cn1. The van der Waals surface area contributed by atoms with E-state index in [1.54, 1.807) is 41.4 Å². The van der Waals surface area contributed by atoms with Gasteiger partial charge in [0, 0.05) is 42.2 Å². The normalized spacial score (nSPS) is 14.1. The molecule has 0 aliphatic carbocycles. The van der Waals surface area contributed by atoms with E-state index in [1.165, 1.54) is 6.92 Å². The number of nitrogens with one attached hydrogen (secondary N) is 1. The van der Waals surface area contributed by atoms with Crippen LogP contribution in [0.15, 0.2) is 42.6 Å².